The largest absolute Gasteiger partial charge is 0.497 e. The molecule has 1 amide bonds. The third-order valence-electron chi connectivity index (χ3n) is 4.90. The SMILES string of the molecule is COc1cccc(NC(=O)c2cccc3c(=O)c4c([nH]c23)CCCC4)c1. The van der Waals surface area contributed by atoms with Crippen LogP contribution in [0.5, 0.6) is 5.75 Å². The Morgan fingerprint density at radius 3 is 2.77 bits per heavy atom. The summed E-state index contributed by atoms with van der Waals surface area (Å²) < 4.78 is 5.19. The number of carbonyl (C=O) groups excluding carboxylic acids is 1. The van der Waals surface area contributed by atoms with Crippen molar-refractivity contribution < 1.29 is 9.53 Å². The first-order valence-corrected chi connectivity index (χ1v) is 8.79. The van der Waals surface area contributed by atoms with Crippen LogP contribution in [0.4, 0.5) is 5.69 Å². The van der Waals surface area contributed by atoms with Gasteiger partial charge in [0.25, 0.3) is 5.91 Å². The van der Waals surface area contributed by atoms with Gasteiger partial charge in [-0.1, -0.05) is 12.1 Å². The van der Waals surface area contributed by atoms with E-state index >= 15 is 0 Å². The van der Waals surface area contributed by atoms with E-state index in [1.807, 2.05) is 12.1 Å². The summed E-state index contributed by atoms with van der Waals surface area (Å²) in [4.78, 5) is 29.0. The summed E-state index contributed by atoms with van der Waals surface area (Å²) >= 11 is 0. The Bertz CT molecular complexity index is 1050. The molecule has 4 rings (SSSR count). The fourth-order valence-electron chi connectivity index (χ4n) is 3.57. The fraction of sp³-hybridized carbons (Fsp3) is 0.238. The van der Waals surface area contributed by atoms with Crippen molar-refractivity contribution in [3.8, 4) is 5.75 Å². The number of amides is 1. The Hall–Kier alpha value is -3.08. The molecule has 0 aliphatic heterocycles. The normalized spacial score (nSPS) is 13.3. The number of para-hydroxylation sites is 1. The maximum Gasteiger partial charge on any atom is 0.257 e. The van der Waals surface area contributed by atoms with Crippen LogP contribution in [0.15, 0.2) is 47.3 Å². The van der Waals surface area contributed by atoms with Gasteiger partial charge in [0.2, 0.25) is 0 Å². The highest BCUT2D eigenvalue weighted by molar-refractivity contribution is 6.12. The number of rotatable bonds is 3. The van der Waals surface area contributed by atoms with Crippen molar-refractivity contribution in [1.82, 2.24) is 4.98 Å². The van der Waals surface area contributed by atoms with Crippen LogP contribution in [-0.4, -0.2) is 18.0 Å². The minimum absolute atomic E-state index is 0.0458. The zero-order chi connectivity index (χ0) is 18.1. The molecule has 0 saturated heterocycles. The van der Waals surface area contributed by atoms with Gasteiger partial charge >= 0.3 is 0 Å². The van der Waals surface area contributed by atoms with E-state index in [2.05, 4.69) is 10.3 Å². The maximum atomic E-state index is 12.8. The number of ether oxygens (including phenoxy) is 1. The molecule has 0 saturated carbocycles. The van der Waals surface area contributed by atoms with E-state index in [9.17, 15) is 9.59 Å². The van der Waals surface area contributed by atoms with Crippen LogP contribution >= 0.6 is 0 Å². The van der Waals surface area contributed by atoms with Crippen LogP contribution in [0.3, 0.4) is 0 Å². The second-order valence-corrected chi connectivity index (χ2v) is 6.53. The van der Waals surface area contributed by atoms with Crippen LogP contribution < -0.4 is 15.5 Å². The molecule has 3 aromatic rings. The number of carbonyl (C=O) groups is 1. The van der Waals surface area contributed by atoms with E-state index in [0.29, 0.717) is 27.9 Å². The number of pyridine rings is 1. The molecule has 0 fully saturated rings. The summed E-state index contributed by atoms with van der Waals surface area (Å²) in [6, 6.07) is 12.5. The number of nitrogens with one attached hydrogen (secondary N) is 2. The minimum atomic E-state index is -0.254. The van der Waals surface area contributed by atoms with E-state index < -0.39 is 0 Å². The highest BCUT2D eigenvalue weighted by Crippen LogP contribution is 2.23. The molecule has 5 heteroatoms. The number of fused-ring (bicyclic) bond motifs is 2. The molecule has 132 valence electrons. The lowest BCUT2D eigenvalue weighted by Crippen LogP contribution is -2.20. The lowest BCUT2D eigenvalue weighted by molar-refractivity contribution is 0.102. The van der Waals surface area contributed by atoms with Crippen LogP contribution in [0, 0.1) is 0 Å². The number of aromatic nitrogens is 1. The van der Waals surface area contributed by atoms with Gasteiger partial charge in [0.15, 0.2) is 5.43 Å². The van der Waals surface area contributed by atoms with Crippen molar-refractivity contribution in [2.24, 2.45) is 0 Å². The number of methoxy groups -OCH3 is 1. The molecule has 0 spiro atoms. The van der Waals surface area contributed by atoms with Gasteiger partial charge in [-0.25, -0.2) is 0 Å². The Balaban J connectivity index is 1.77. The number of hydrogen-bond acceptors (Lipinski definition) is 3. The summed E-state index contributed by atoms with van der Waals surface area (Å²) in [7, 11) is 1.58. The molecule has 1 heterocycles. The van der Waals surface area contributed by atoms with Crippen LogP contribution in [0.2, 0.25) is 0 Å². The maximum absolute atomic E-state index is 12.8. The molecular formula is C21H20N2O3. The number of benzene rings is 2. The summed E-state index contributed by atoms with van der Waals surface area (Å²) in [5.41, 5.74) is 3.61. The zero-order valence-electron chi connectivity index (χ0n) is 14.6. The first kappa shape index (κ1) is 16.4. The Morgan fingerprint density at radius 1 is 1.12 bits per heavy atom. The lowest BCUT2D eigenvalue weighted by atomic mass is 9.93. The first-order valence-electron chi connectivity index (χ1n) is 8.79. The molecule has 0 unspecified atom stereocenters. The summed E-state index contributed by atoms with van der Waals surface area (Å²) in [6.45, 7) is 0. The summed E-state index contributed by atoms with van der Waals surface area (Å²) in [6.07, 6.45) is 3.76. The molecule has 5 nitrogen and oxygen atoms in total. The number of H-pyrrole nitrogens is 1. The fourth-order valence-corrected chi connectivity index (χ4v) is 3.57. The van der Waals surface area contributed by atoms with E-state index in [4.69, 9.17) is 4.74 Å². The number of aryl methyl sites for hydroxylation is 1. The Morgan fingerprint density at radius 2 is 1.92 bits per heavy atom. The van der Waals surface area contributed by atoms with Crippen LogP contribution in [0.25, 0.3) is 10.9 Å². The van der Waals surface area contributed by atoms with Crippen LogP contribution in [-0.2, 0) is 12.8 Å². The summed E-state index contributed by atoms with van der Waals surface area (Å²) in [5, 5.41) is 3.46. The molecular weight excluding hydrogens is 328 g/mol. The third kappa shape index (κ3) is 2.86. The van der Waals surface area contributed by atoms with Gasteiger partial charge in [0, 0.05) is 28.4 Å². The van der Waals surface area contributed by atoms with Gasteiger partial charge in [-0.3, -0.25) is 9.59 Å². The van der Waals surface area contributed by atoms with Crippen molar-refractivity contribution in [2.75, 3.05) is 12.4 Å². The smallest absolute Gasteiger partial charge is 0.257 e. The van der Waals surface area contributed by atoms with E-state index in [1.165, 1.54) is 0 Å². The van der Waals surface area contributed by atoms with Gasteiger partial charge in [-0.2, -0.15) is 0 Å². The molecule has 1 aliphatic carbocycles. The standard InChI is InChI=1S/C21H20N2O3/c1-26-14-7-4-6-13(12-14)22-21(25)17-10-5-9-16-19(17)23-18-11-3-2-8-15(18)20(16)24/h4-7,9-10,12H,2-3,8,11H2,1H3,(H,22,25)(H,23,24). The van der Waals surface area contributed by atoms with Gasteiger partial charge in [0.1, 0.15) is 5.75 Å². The van der Waals surface area contributed by atoms with E-state index in [-0.39, 0.29) is 11.3 Å². The topological polar surface area (TPSA) is 71.2 Å². The highest BCUT2D eigenvalue weighted by Gasteiger charge is 2.19. The second kappa shape index (κ2) is 6.67. The monoisotopic (exact) mass is 348 g/mol. The number of anilines is 1. The minimum Gasteiger partial charge on any atom is -0.497 e. The Kier molecular flexibility index (Phi) is 4.21. The summed E-state index contributed by atoms with van der Waals surface area (Å²) in [5.74, 6) is 0.415. The average Bonchev–Trinajstić information content (AvgIpc) is 2.68. The van der Waals surface area contributed by atoms with Crippen molar-refractivity contribution in [3.63, 3.8) is 0 Å². The van der Waals surface area contributed by atoms with Gasteiger partial charge in [0.05, 0.1) is 18.2 Å². The molecule has 1 aromatic heterocycles. The Labute approximate surface area is 151 Å². The van der Waals surface area contributed by atoms with Gasteiger partial charge in [-0.15, -0.1) is 0 Å². The van der Waals surface area contributed by atoms with Crippen LogP contribution in [0.1, 0.15) is 34.5 Å². The van der Waals surface area contributed by atoms with Gasteiger partial charge < -0.3 is 15.0 Å². The molecule has 1 aliphatic rings. The van der Waals surface area contributed by atoms with E-state index in [1.54, 1.807) is 37.4 Å². The predicted molar refractivity (Wildman–Crippen MR) is 102 cm³/mol. The number of hydrogen-bond donors (Lipinski definition) is 2. The van der Waals surface area contributed by atoms with E-state index in [0.717, 1.165) is 36.9 Å². The van der Waals surface area contributed by atoms with Crippen molar-refractivity contribution in [1.29, 1.82) is 0 Å². The molecule has 2 aromatic carbocycles. The molecule has 26 heavy (non-hydrogen) atoms. The third-order valence-corrected chi connectivity index (χ3v) is 4.90. The average molecular weight is 348 g/mol. The lowest BCUT2D eigenvalue weighted by Gasteiger charge is -2.17. The van der Waals surface area contributed by atoms with Crippen molar-refractivity contribution in [3.05, 3.63) is 69.5 Å². The van der Waals surface area contributed by atoms with Crippen molar-refractivity contribution in [2.45, 2.75) is 25.7 Å². The molecule has 0 atom stereocenters. The quantitative estimate of drug-likeness (QED) is 0.759. The number of aromatic amines is 1. The molecule has 0 bridgehead atoms. The predicted octanol–water partition coefficient (Wildman–Crippen LogP) is 3.67. The van der Waals surface area contributed by atoms with Crippen molar-refractivity contribution >= 4 is 22.5 Å². The zero-order valence-corrected chi connectivity index (χ0v) is 14.6. The van der Waals surface area contributed by atoms with Gasteiger partial charge in [-0.05, 0) is 49.9 Å². The molecule has 0 radical (unpaired) electrons. The second-order valence-electron chi connectivity index (χ2n) is 6.53. The molecule has 2 N–H and O–H groups in total. The highest BCUT2D eigenvalue weighted by atomic mass is 16.5. The first-order chi connectivity index (χ1) is 12.7.